The van der Waals surface area contributed by atoms with E-state index < -0.39 is 28.5 Å². The van der Waals surface area contributed by atoms with Crippen LogP contribution in [-0.2, 0) is 26.2 Å². The monoisotopic (exact) mass is 565 g/mol. The van der Waals surface area contributed by atoms with Gasteiger partial charge in [-0.2, -0.15) is 0 Å². The normalized spacial score (nSPS) is 12.1. The number of methoxy groups -OCH3 is 1. The quantitative estimate of drug-likeness (QED) is 0.344. The molecule has 0 saturated heterocycles. The molecule has 1 unspecified atom stereocenters. The summed E-state index contributed by atoms with van der Waals surface area (Å²) in [6.45, 7) is 9.57. The van der Waals surface area contributed by atoms with Crippen LogP contribution in [-0.4, -0.2) is 51.4 Å². The van der Waals surface area contributed by atoms with Crippen molar-refractivity contribution in [2.75, 3.05) is 24.5 Å². The van der Waals surface area contributed by atoms with Gasteiger partial charge < -0.3 is 15.0 Å². The fraction of sp³-hybridized carbons (Fsp3) is 0.355. The van der Waals surface area contributed by atoms with Crippen molar-refractivity contribution in [2.45, 2.75) is 52.1 Å². The minimum Gasteiger partial charge on any atom is -0.497 e. The molecule has 0 fully saturated rings. The molecule has 0 heterocycles. The van der Waals surface area contributed by atoms with E-state index in [1.54, 1.807) is 56.5 Å². The van der Waals surface area contributed by atoms with Crippen LogP contribution < -0.4 is 14.4 Å². The van der Waals surface area contributed by atoms with Crippen molar-refractivity contribution in [1.82, 2.24) is 10.2 Å². The van der Waals surface area contributed by atoms with Crippen LogP contribution in [0.1, 0.15) is 37.5 Å². The summed E-state index contributed by atoms with van der Waals surface area (Å²) in [6, 6.07) is 19.7. The lowest BCUT2D eigenvalue weighted by atomic mass is 10.1. The third-order valence-electron chi connectivity index (χ3n) is 6.75. The Morgan fingerprint density at radius 3 is 2.12 bits per heavy atom. The van der Waals surface area contributed by atoms with Gasteiger partial charge in [0.05, 0.1) is 17.7 Å². The average molecular weight is 566 g/mol. The van der Waals surface area contributed by atoms with Gasteiger partial charge in [-0.05, 0) is 79.8 Å². The maximum absolute atomic E-state index is 14.0. The maximum atomic E-state index is 14.0. The minimum atomic E-state index is -4.09. The number of sulfonamides is 1. The summed E-state index contributed by atoms with van der Waals surface area (Å²) in [5.74, 6) is 0.0948. The van der Waals surface area contributed by atoms with Gasteiger partial charge in [0.15, 0.2) is 0 Å². The third kappa shape index (κ3) is 7.63. The fourth-order valence-corrected chi connectivity index (χ4v) is 5.52. The van der Waals surface area contributed by atoms with E-state index in [-0.39, 0.29) is 23.3 Å². The summed E-state index contributed by atoms with van der Waals surface area (Å²) in [5.41, 5.74) is 3.06. The molecule has 0 aliphatic rings. The molecule has 2 amide bonds. The van der Waals surface area contributed by atoms with E-state index in [2.05, 4.69) is 5.32 Å². The summed E-state index contributed by atoms with van der Waals surface area (Å²) in [5, 5.41) is 2.89. The molecule has 0 bridgehead atoms. The Bertz CT molecular complexity index is 1410. The lowest BCUT2D eigenvalue weighted by Crippen LogP contribution is -2.51. The van der Waals surface area contributed by atoms with Crippen LogP contribution in [0.2, 0.25) is 0 Å². The first-order valence-electron chi connectivity index (χ1n) is 13.3. The Labute approximate surface area is 238 Å². The van der Waals surface area contributed by atoms with Crippen LogP contribution in [0.3, 0.4) is 0 Å². The highest BCUT2D eigenvalue weighted by Gasteiger charge is 2.32. The zero-order chi connectivity index (χ0) is 29.4. The van der Waals surface area contributed by atoms with Gasteiger partial charge in [-0.1, -0.05) is 50.2 Å². The first-order chi connectivity index (χ1) is 18.9. The van der Waals surface area contributed by atoms with E-state index in [9.17, 15) is 18.0 Å². The van der Waals surface area contributed by atoms with Crippen LogP contribution in [0.4, 0.5) is 5.69 Å². The van der Waals surface area contributed by atoms with Crippen LogP contribution in [0.25, 0.3) is 0 Å². The van der Waals surface area contributed by atoms with Crippen molar-refractivity contribution in [3.63, 3.8) is 0 Å². The topological polar surface area (TPSA) is 96.0 Å². The average Bonchev–Trinajstić information content (AvgIpc) is 2.95. The van der Waals surface area contributed by atoms with E-state index in [1.807, 2.05) is 45.9 Å². The number of ether oxygens (including phenoxy) is 1. The highest BCUT2D eigenvalue weighted by Crippen LogP contribution is 2.26. The summed E-state index contributed by atoms with van der Waals surface area (Å²) >= 11 is 0. The SMILES string of the molecule is COc1ccc(CN(C(=O)CN(c2ccc(C)c(C)c2)S(=O)(=O)c2ccccc2)C(C)C(=O)NCC(C)C)cc1. The van der Waals surface area contributed by atoms with Gasteiger partial charge in [0.2, 0.25) is 11.8 Å². The lowest BCUT2D eigenvalue weighted by Gasteiger charge is -2.32. The highest BCUT2D eigenvalue weighted by molar-refractivity contribution is 7.92. The highest BCUT2D eigenvalue weighted by atomic mass is 32.2. The third-order valence-corrected chi connectivity index (χ3v) is 8.54. The fourth-order valence-electron chi connectivity index (χ4n) is 4.09. The van der Waals surface area contributed by atoms with Crippen molar-refractivity contribution < 1.29 is 22.7 Å². The van der Waals surface area contributed by atoms with Crippen molar-refractivity contribution in [1.29, 1.82) is 0 Å². The first kappa shape index (κ1) is 30.7. The van der Waals surface area contributed by atoms with E-state index in [1.165, 1.54) is 17.0 Å². The van der Waals surface area contributed by atoms with Gasteiger partial charge in [-0.3, -0.25) is 13.9 Å². The standard InChI is InChI=1S/C31H39N3O5S/c1-22(2)19-32-31(36)25(5)33(20-26-13-16-28(39-6)17-14-26)30(35)21-34(27-15-12-23(3)24(4)18-27)40(37,38)29-10-8-7-9-11-29/h7-18,22,25H,19-21H2,1-6H3,(H,32,36). The van der Waals surface area contributed by atoms with E-state index in [0.29, 0.717) is 18.0 Å². The molecule has 0 aliphatic heterocycles. The summed E-state index contributed by atoms with van der Waals surface area (Å²) in [7, 11) is -2.52. The molecule has 9 heteroatoms. The van der Waals surface area contributed by atoms with Crippen LogP contribution in [0, 0.1) is 19.8 Å². The van der Waals surface area contributed by atoms with Gasteiger partial charge in [0, 0.05) is 13.1 Å². The number of hydrogen-bond donors (Lipinski definition) is 1. The van der Waals surface area contributed by atoms with Gasteiger partial charge in [0.1, 0.15) is 18.3 Å². The van der Waals surface area contributed by atoms with Crippen LogP contribution in [0.5, 0.6) is 5.75 Å². The molecule has 1 atom stereocenters. The van der Waals surface area contributed by atoms with E-state index in [0.717, 1.165) is 21.0 Å². The zero-order valence-corrected chi connectivity index (χ0v) is 24.9. The molecular formula is C31H39N3O5S. The number of nitrogens with zero attached hydrogens (tertiary/aromatic N) is 2. The Kier molecular flexibility index (Phi) is 10.3. The second-order valence-electron chi connectivity index (χ2n) is 10.3. The molecule has 8 nitrogen and oxygen atoms in total. The van der Waals surface area contributed by atoms with Crippen LogP contribution >= 0.6 is 0 Å². The van der Waals surface area contributed by atoms with Crippen molar-refractivity contribution >= 4 is 27.5 Å². The Hall–Kier alpha value is -3.85. The van der Waals surface area contributed by atoms with Crippen molar-refractivity contribution in [2.24, 2.45) is 5.92 Å². The lowest BCUT2D eigenvalue weighted by molar-refractivity contribution is -0.139. The minimum absolute atomic E-state index is 0.0745. The molecule has 3 aromatic carbocycles. The molecule has 3 rings (SSSR count). The number of rotatable bonds is 12. The summed E-state index contributed by atoms with van der Waals surface area (Å²) < 4.78 is 34.1. The maximum Gasteiger partial charge on any atom is 0.264 e. The summed E-state index contributed by atoms with van der Waals surface area (Å²) in [4.78, 5) is 28.6. The van der Waals surface area contributed by atoms with E-state index >= 15 is 0 Å². The van der Waals surface area contributed by atoms with Gasteiger partial charge >= 0.3 is 0 Å². The molecule has 0 radical (unpaired) electrons. The Balaban J connectivity index is 2.02. The predicted molar refractivity (Wildman–Crippen MR) is 158 cm³/mol. The smallest absolute Gasteiger partial charge is 0.264 e. The predicted octanol–water partition coefficient (Wildman–Crippen LogP) is 4.70. The molecule has 214 valence electrons. The molecule has 0 spiro atoms. The molecule has 0 aliphatic carbocycles. The van der Waals surface area contributed by atoms with Crippen molar-refractivity contribution in [3.05, 3.63) is 89.5 Å². The van der Waals surface area contributed by atoms with E-state index in [4.69, 9.17) is 4.74 Å². The molecule has 0 saturated carbocycles. The number of amides is 2. The molecular weight excluding hydrogens is 526 g/mol. The molecule has 40 heavy (non-hydrogen) atoms. The number of carbonyl (C=O) groups is 2. The number of hydrogen-bond acceptors (Lipinski definition) is 5. The summed E-state index contributed by atoms with van der Waals surface area (Å²) in [6.07, 6.45) is 0. The Morgan fingerprint density at radius 1 is 0.900 bits per heavy atom. The number of benzene rings is 3. The van der Waals surface area contributed by atoms with Gasteiger partial charge in [0.25, 0.3) is 10.0 Å². The van der Waals surface area contributed by atoms with Gasteiger partial charge in [-0.15, -0.1) is 0 Å². The molecule has 3 aromatic rings. The zero-order valence-electron chi connectivity index (χ0n) is 24.0. The largest absolute Gasteiger partial charge is 0.497 e. The number of carbonyl (C=O) groups excluding carboxylic acids is 2. The van der Waals surface area contributed by atoms with Crippen molar-refractivity contribution in [3.8, 4) is 5.75 Å². The number of anilines is 1. The van der Waals surface area contributed by atoms with Gasteiger partial charge in [-0.25, -0.2) is 8.42 Å². The van der Waals surface area contributed by atoms with Crippen LogP contribution in [0.15, 0.2) is 77.7 Å². The number of aryl methyl sites for hydroxylation is 2. The molecule has 1 N–H and O–H groups in total. The number of nitrogens with one attached hydrogen (secondary N) is 1. The second kappa shape index (κ2) is 13.5. The Morgan fingerprint density at radius 2 is 1.55 bits per heavy atom. The second-order valence-corrected chi connectivity index (χ2v) is 12.1. The molecule has 0 aromatic heterocycles. The first-order valence-corrected chi connectivity index (χ1v) is 14.7.